The Morgan fingerprint density at radius 2 is 1.62 bits per heavy atom. The summed E-state index contributed by atoms with van der Waals surface area (Å²) in [5.74, 6) is 0.0634. The van der Waals surface area contributed by atoms with E-state index in [-0.39, 0.29) is 24.2 Å². The van der Waals surface area contributed by atoms with Gasteiger partial charge in [0, 0.05) is 36.8 Å². The number of nitrogens with one attached hydrogen (secondary N) is 1. The molecule has 1 aromatic carbocycles. The monoisotopic (exact) mass is 331 g/mol. The van der Waals surface area contributed by atoms with Gasteiger partial charge in [0.05, 0.1) is 6.54 Å². The zero-order chi connectivity index (χ0) is 14.5. The molecular formula is C14H19Cl2N3O2. The Morgan fingerprint density at radius 3 is 2.14 bits per heavy atom. The minimum Gasteiger partial charge on any atom is -0.338 e. The fourth-order valence-corrected chi connectivity index (χ4v) is 2.32. The number of nitrogens with zero attached hydrogens (tertiary/aromatic N) is 2. The summed E-state index contributed by atoms with van der Waals surface area (Å²) in [7, 11) is 1.75. The van der Waals surface area contributed by atoms with Crippen molar-refractivity contribution in [2.45, 2.75) is 0 Å². The van der Waals surface area contributed by atoms with Gasteiger partial charge in [0.1, 0.15) is 0 Å². The Hall–Kier alpha value is -1.30. The SMILES string of the molecule is CNCC(=O)N1CCN(C(=O)c2ccc(Cl)cc2)CC1.Cl. The Balaban J connectivity index is 0.00000220. The van der Waals surface area contributed by atoms with Crippen molar-refractivity contribution >= 4 is 35.8 Å². The van der Waals surface area contributed by atoms with Gasteiger partial charge >= 0.3 is 0 Å². The molecule has 0 aliphatic carbocycles. The number of piperazine rings is 1. The van der Waals surface area contributed by atoms with Crippen LogP contribution < -0.4 is 5.32 Å². The number of amides is 2. The first-order valence-corrected chi connectivity index (χ1v) is 6.97. The minimum absolute atomic E-state index is 0. The van der Waals surface area contributed by atoms with Gasteiger partial charge in [0.25, 0.3) is 5.91 Å². The van der Waals surface area contributed by atoms with E-state index in [9.17, 15) is 9.59 Å². The second-order valence-electron chi connectivity index (χ2n) is 4.71. The van der Waals surface area contributed by atoms with Gasteiger partial charge in [0.2, 0.25) is 5.91 Å². The molecule has 1 aliphatic heterocycles. The lowest BCUT2D eigenvalue weighted by Gasteiger charge is -2.34. The Bertz CT molecular complexity index is 485. The molecule has 0 radical (unpaired) electrons. The van der Waals surface area contributed by atoms with Crippen LogP contribution in [-0.2, 0) is 4.79 Å². The molecule has 1 heterocycles. The topological polar surface area (TPSA) is 52.7 Å². The number of carbonyl (C=O) groups excluding carboxylic acids is 2. The van der Waals surface area contributed by atoms with Crippen LogP contribution in [0.3, 0.4) is 0 Å². The van der Waals surface area contributed by atoms with Crippen molar-refractivity contribution in [3.8, 4) is 0 Å². The number of halogens is 2. The highest BCUT2D eigenvalue weighted by atomic mass is 35.5. The highest BCUT2D eigenvalue weighted by Crippen LogP contribution is 2.13. The Labute approximate surface area is 135 Å². The summed E-state index contributed by atoms with van der Waals surface area (Å²) < 4.78 is 0. The summed E-state index contributed by atoms with van der Waals surface area (Å²) in [6, 6.07) is 6.87. The van der Waals surface area contributed by atoms with Crippen molar-refractivity contribution < 1.29 is 9.59 Å². The van der Waals surface area contributed by atoms with E-state index in [1.807, 2.05) is 0 Å². The number of rotatable bonds is 3. The smallest absolute Gasteiger partial charge is 0.253 e. The van der Waals surface area contributed by atoms with E-state index in [4.69, 9.17) is 11.6 Å². The highest BCUT2D eigenvalue weighted by molar-refractivity contribution is 6.30. The maximum absolute atomic E-state index is 12.3. The number of benzene rings is 1. The minimum atomic E-state index is -0.0117. The third kappa shape index (κ3) is 4.59. The molecule has 116 valence electrons. The predicted molar refractivity (Wildman–Crippen MR) is 85.1 cm³/mol. The Kier molecular flexibility index (Phi) is 6.95. The molecule has 0 spiro atoms. The van der Waals surface area contributed by atoms with E-state index in [1.165, 1.54) is 0 Å². The molecule has 0 unspecified atom stereocenters. The molecule has 0 atom stereocenters. The van der Waals surface area contributed by atoms with Gasteiger partial charge in [-0.25, -0.2) is 0 Å². The molecule has 2 amide bonds. The first kappa shape index (κ1) is 17.8. The van der Waals surface area contributed by atoms with E-state index in [0.717, 1.165) is 0 Å². The molecule has 5 nitrogen and oxygen atoms in total. The molecule has 0 saturated carbocycles. The van der Waals surface area contributed by atoms with Crippen LogP contribution in [0.25, 0.3) is 0 Å². The van der Waals surface area contributed by atoms with Crippen molar-refractivity contribution in [1.29, 1.82) is 0 Å². The van der Waals surface area contributed by atoms with Crippen molar-refractivity contribution in [2.75, 3.05) is 39.8 Å². The molecule has 0 bridgehead atoms. The molecule has 1 saturated heterocycles. The van der Waals surface area contributed by atoms with Crippen molar-refractivity contribution in [1.82, 2.24) is 15.1 Å². The van der Waals surface area contributed by atoms with Crippen LogP contribution >= 0.6 is 24.0 Å². The van der Waals surface area contributed by atoms with Crippen LogP contribution in [0.2, 0.25) is 5.02 Å². The highest BCUT2D eigenvalue weighted by Gasteiger charge is 2.24. The summed E-state index contributed by atoms with van der Waals surface area (Å²) >= 11 is 5.81. The lowest BCUT2D eigenvalue weighted by Crippen LogP contribution is -2.52. The zero-order valence-corrected chi connectivity index (χ0v) is 13.4. The summed E-state index contributed by atoms with van der Waals surface area (Å²) in [6.07, 6.45) is 0. The summed E-state index contributed by atoms with van der Waals surface area (Å²) in [5, 5.41) is 3.46. The first-order chi connectivity index (χ1) is 9.61. The quantitative estimate of drug-likeness (QED) is 0.907. The average Bonchev–Trinajstić information content (AvgIpc) is 2.48. The number of hydrogen-bond acceptors (Lipinski definition) is 3. The third-order valence-corrected chi connectivity index (χ3v) is 3.59. The molecule has 1 N–H and O–H groups in total. The molecule has 1 aliphatic rings. The second kappa shape index (κ2) is 8.22. The van der Waals surface area contributed by atoms with Gasteiger partial charge in [-0.2, -0.15) is 0 Å². The second-order valence-corrected chi connectivity index (χ2v) is 5.15. The number of likely N-dealkylation sites (N-methyl/N-ethyl adjacent to an activating group) is 1. The maximum atomic E-state index is 12.3. The van der Waals surface area contributed by atoms with Gasteiger partial charge in [-0.3, -0.25) is 9.59 Å². The number of hydrogen-bond donors (Lipinski definition) is 1. The lowest BCUT2D eigenvalue weighted by molar-refractivity contribution is -0.131. The van der Waals surface area contributed by atoms with Gasteiger partial charge in [0.15, 0.2) is 0 Å². The van der Waals surface area contributed by atoms with E-state index in [0.29, 0.717) is 43.3 Å². The average molecular weight is 332 g/mol. The largest absolute Gasteiger partial charge is 0.338 e. The van der Waals surface area contributed by atoms with Crippen LogP contribution in [-0.4, -0.2) is 61.4 Å². The molecule has 21 heavy (non-hydrogen) atoms. The van der Waals surface area contributed by atoms with Crippen molar-refractivity contribution in [2.24, 2.45) is 0 Å². The summed E-state index contributed by atoms with van der Waals surface area (Å²) in [5.41, 5.74) is 0.629. The summed E-state index contributed by atoms with van der Waals surface area (Å²) in [4.78, 5) is 27.6. The third-order valence-electron chi connectivity index (χ3n) is 3.34. The van der Waals surface area contributed by atoms with Gasteiger partial charge in [-0.05, 0) is 31.3 Å². The van der Waals surface area contributed by atoms with Gasteiger partial charge < -0.3 is 15.1 Å². The molecule has 7 heteroatoms. The zero-order valence-electron chi connectivity index (χ0n) is 11.8. The maximum Gasteiger partial charge on any atom is 0.253 e. The molecule has 1 fully saturated rings. The van der Waals surface area contributed by atoms with E-state index in [1.54, 1.807) is 41.1 Å². The fraction of sp³-hybridized carbons (Fsp3) is 0.429. The normalized spacial score (nSPS) is 14.6. The molecule has 2 rings (SSSR count). The van der Waals surface area contributed by atoms with Crippen LogP contribution in [0.15, 0.2) is 24.3 Å². The fourth-order valence-electron chi connectivity index (χ4n) is 2.20. The number of carbonyl (C=O) groups is 2. The molecular weight excluding hydrogens is 313 g/mol. The van der Waals surface area contributed by atoms with Crippen LogP contribution in [0.5, 0.6) is 0 Å². The summed E-state index contributed by atoms with van der Waals surface area (Å²) in [6.45, 7) is 2.64. The van der Waals surface area contributed by atoms with Crippen molar-refractivity contribution in [3.63, 3.8) is 0 Å². The first-order valence-electron chi connectivity index (χ1n) is 6.59. The lowest BCUT2D eigenvalue weighted by atomic mass is 10.2. The predicted octanol–water partition coefficient (Wildman–Crippen LogP) is 1.27. The standard InChI is InChI=1S/C14H18ClN3O2.ClH/c1-16-10-13(19)17-6-8-18(9-7-17)14(20)11-2-4-12(15)5-3-11;/h2-5,16H,6-10H2,1H3;1H. The van der Waals surface area contributed by atoms with E-state index in [2.05, 4.69) is 5.32 Å². The van der Waals surface area contributed by atoms with Crippen LogP contribution in [0, 0.1) is 0 Å². The van der Waals surface area contributed by atoms with Crippen LogP contribution in [0.4, 0.5) is 0 Å². The van der Waals surface area contributed by atoms with E-state index < -0.39 is 0 Å². The van der Waals surface area contributed by atoms with Gasteiger partial charge in [-0.1, -0.05) is 11.6 Å². The molecule has 1 aromatic rings. The molecule has 0 aromatic heterocycles. The van der Waals surface area contributed by atoms with E-state index >= 15 is 0 Å². The van der Waals surface area contributed by atoms with Crippen molar-refractivity contribution in [3.05, 3.63) is 34.9 Å². The van der Waals surface area contributed by atoms with Crippen LogP contribution in [0.1, 0.15) is 10.4 Å². The Morgan fingerprint density at radius 1 is 1.10 bits per heavy atom. The van der Waals surface area contributed by atoms with Gasteiger partial charge in [-0.15, -0.1) is 12.4 Å².